The first kappa shape index (κ1) is 14.8. The van der Waals surface area contributed by atoms with Gasteiger partial charge in [-0.3, -0.25) is 10.1 Å². The summed E-state index contributed by atoms with van der Waals surface area (Å²) in [5.41, 5.74) is -1.15. The normalized spacial score (nSPS) is 34.1. The number of furan rings is 1. The summed E-state index contributed by atoms with van der Waals surface area (Å²) in [5.74, 6) is 0.493. The monoisotopic (exact) mass is 279 g/mol. The van der Waals surface area contributed by atoms with Crippen molar-refractivity contribution >= 4 is 0 Å². The smallest absolute Gasteiger partial charge is 0.251 e. The highest BCUT2D eigenvalue weighted by Gasteiger charge is 2.58. The second-order valence-corrected chi connectivity index (χ2v) is 5.87. The first-order chi connectivity index (χ1) is 9.41. The number of rotatable bonds is 4. The van der Waals surface area contributed by atoms with Crippen LogP contribution in [0.3, 0.4) is 0 Å². The molecular weight excluding hydrogens is 258 g/mol. The number of hydrogen-bond donors (Lipinski definition) is 0. The molecule has 1 aromatic rings. The Morgan fingerprint density at radius 1 is 1.60 bits per heavy atom. The topological polar surface area (TPSA) is 65.5 Å². The molecular formula is C15H21NO4. The van der Waals surface area contributed by atoms with E-state index < -0.39 is 11.6 Å². The van der Waals surface area contributed by atoms with Gasteiger partial charge in [-0.2, -0.15) is 0 Å². The maximum atomic E-state index is 11.6. The van der Waals surface area contributed by atoms with Crippen LogP contribution in [0.4, 0.5) is 0 Å². The molecule has 0 aromatic carbocycles. The predicted molar refractivity (Wildman–Crippen MR) is 74.9 cm³/mol. The third kappa shape index (κ3) is 2.26. The van der Waals surface area contributed by atoms with E-state index >= 15 is 0 Å². The molecule has 1 aliphatic rings. The van der Waals surface area contributed by atoms with E-state index in [1.807, 2.05) is 19.9 Å². The van der Waals surface area contributed by atoms with Gasteiger partial charge >= 0.3 is 0 Å². The van der Waals surface area contributed by atoms with Gasteiger partial charge in [-0.15, -0.1) is 6.58 Å². The first-order valence-electron chi connectivity index (χ1n) is 6.87. The lowest BCUT2D eigenvalue weighted by Gasteiger charge is -2.43. The van der Waals surface area contributed by atoms with E-state index in [0.29, 0.717) is 12.2 Å². The van der Waals surface area contributed by atoms with Gasteiger partial charge in [-0.1, -0.05) is 19.9 Å². The van der Waals surface area contributed by atoms with Crippen molar-refractivity contribution in [1.29, 1.82) is 0 Å². The zero-order valence-corrected chi connectivity index (χ0v) is 12.1. The lowest BCUT2D eigenvalue weighted by molar-refractivity contribution is -0.597. The largest absolute Gasteiger partial charge is 0.467 e. The quantitative estimate of drug-likeness (QED) is 0.480. The van der Waals surface area contributed by atoms with Gasteiger partial charge in [-0.05, 0) is 24.5 Å². The van der Waals surface area contributed by atoms with Crippen molar-refractivity contribution in [2.45, 2.75) is 44.9 Å². The summed E-state index contributed by atoms with van der Waals surface area (Å²) in [4.78, 5) is 11.4. The number of ether oxygens (including phenoxy) is 1. The number of hydrogen-bond acceptors (Lipinski definition) is 4. The average Bonchev–Trinajstić information content (AvgIpc) is 2.92. The lowest BCUT2D eigenvalue weighted by Crippen LogP contribution is -2.58. The highest BCUT2D eigenvalue weighted by molar-refractivity contribution is 5.10. The Bertz CT molecular complexity index is 482. The van der Waals surface area contributed by atoms with E-state index in [0.717, 1.165) is 0 Å². The first-order valence-corrected chi connectivity index (χ1v) is 6.87. The summed E-state index contributed by atoms with van der Waals surface area (Å²) in [7, 11) is 0. The van der Waals surface area contributed by atoms with Crippen molar-refractivity contribution in [1.82, 2.24) is 0 Å². The Morgan fingerprint density at radius 2 is 2.30 bits per heavy atom. The molecule has 20 heavy (non-hydrogen) atoms. The molecule has 1 aliphatic heterocycles. The Balaban J connectivity index is 2.38. The zero-order valence-electron chi connectivity index (χ0n) is 12.1. The van der Waals surface area contributed by atoms with E-state index in [1.54, 1.807) is 25.3 Å². The molecule has 1 aromatic heterocycles. The van der Waals surface area contributed by atoms with Crippen LogP contribution < -0.4 is 0 Å². The van der Waals surface area contributed by atoms with Crippen molar-refractivity contribution in [2.75, 3.05) is 0 Å². The van der Waals surface area contributed by atoms with Crippen LogP contribution in [0.1, 0.15) is 39.1 Å². The van der Waals surface area contributed by atoms with Gasteiger partial charge in [0, 0.05) is 11.8 Å². The Kier molecular flexibility index (Phi) is 3.99. The predicted octanol–water partition coefficient (Wildman–Crippen LogP) is 3.60. The third-order valence-corrected chi connectivity index (χ3v) is 4.25. The summed E-state index contributed by atoms with van der Waals surface area (Å²) in [6.45, 7) is 9.32. The SMILES string of the molecule is C=C[C@H]1C[C@@H](c2ccco2)O[C@H](C(C)C)[C@@]1(C)[N+](=O)[O-]. The van der Waals surface area contributed by atoms with Crippen LogP contribution >= 0.6 is 0 Å². The molecule has 0 saturated carbocycles. The van der Waals surface area contributed by atoms with Gasteiger partial charge in [0.25, 0.3) is 5.54 Å². The average molecular weight is 279 g/mol. The van der Waals surface area contributed by atoms with Gasteiger partial charge in [0.05, 0.1) is 12.2 Å². The molecule has 0 aliphatic carbocycles. The second-order valence-electron chi connectivity index (χ2n) is 5.87. The second kappa shape index (κ2) is 5.40. The van der Waals surface area contributed by atoms with Crippen LogP contribution in [0.25, 0.3) is 0 Å². The van der Waals surface area contributed by atoms with Gasteiger partial charge in [0.2, 0.25) is 0 Å². The molecule has 5 nitrogen and oxygen atoms in total. The molecule has 1 saturated heterocycles. The van der Waals surface area contributed by atoms with E-state index in [-0.39, 0.29) is 22.9 Å². The minimum Gasteiger partial charge on any atom is -0.467 e. The third-order valence-electron chi connectivity index (χ3n) is 4.25. The van der Waals surface area contributed by atoms with Crippen molar-refractivity contribution in [3.63, 3.8) is 0 Å². The van der Waals surface area contributed by atoms with E-state index in [9.17, 15) is 10.1 Å². The fourth-order valence-corrected chi connectivity index (χ4v) is 3.11. The van der Waals surface area contributed by atoms with Crippen molar-refractivity contribution in [2.24, 2.45) is 11.8 Å². The standard InChI is InChI=1S/C15H21NO4/c1-5-11-9-13(12-7-6-8-19-12)20-14(10(2)3)15(11,4)16(17)18/h5-8,10-11,13-14H,1,9H2,2-4H3/t11-,13-,14+,15-/m0/s1. The van der Waals surface area contributed by atoms with E-state index in [4.69, 9.17) is 9.15 Å². The maximum Gasteiger partial charge on any atom is 0.251 e. The van der Waals surface area contributed by atoms with Gasteiger partial charge in [0.1, 0.15) is 18.0 Å². The van der Waals surface area contributed by atoms with E-state index in [2.05, 4.69) is 6.58 Å². The Labute approximate surface area is 118 Å². The summed E-state index contributed by atoms with van der Waals surface area (Å²) in [6, 6.07) is 3.64. The minimum atomic E-state index is -1.15. The molecule has 110 valence electrons. The Morgan fingerprint density at radius 3 is 2.75 bits per heavy atom. The van der Waals surface area contributed by atoms with Crippen LogP contribution in [0.5, 0.6) is 0 Å². The van der Waals surface area contributed by atoms with Crippen molar-refractivity contribution in [3.05, 3.63) is 46.9 Å². The summed E-state index contributed by atoms with van der Waals surface area (Å²) < 4.78 is 11.4. The van der Waals surface area contributed by atoms with Crippen LogP contribution in [-0.4, -0.2) is 16.6 Å². The summed E-state index contributed by atoms with van der Waals surface area (Å²) in [6.07, 6.45) is 3.04. The van der Waals surface area contributed by atoms with Crippen molar-refractivity contribution in [3.8, 4) is 0 Å². The maximum absolute atomic E-state index is 11.6. The van der Waals surface area contributed by atoms with Crippen LogP contribution in [0.15, 0.2) is 35.5 Å². The zero-order chi connectivity index (χ0) is 14.9. The Hall–Kier alpha value is -1.62. The molecule has 1 fully saturated rings. The van der Waals surface area contributed by atoms with Gasteiger partial charge in [-0.25, -0.2) is 0 Å². The fraction of sp³-hybridized carbons (Fsp3) is 0.600. The molecule has 2 rings (SSSR count). The van der Waals surface area contributed by atoms with Crippen molar-refractivity contribution < 1.29 is 14.1 Å². The lowest BCUT2D eigenvalue weighted by atomic mass is 9.72. The summed E-state index contributed by atoms with van der Waals surface area (Å²) >= 11 is 0. The summed E-state index contributed by atoms with van der Waals surface area (Å²) in [5, 5.41) is 11.6. The molecule has 4 atom stereocenters. The number of nitro groups is 1. The molecule has 5 heteroatoms. The molecule has 2 heterocycles. The van der Waals surface area contributed by atoms with Crippen LogP contribution in [0, 0.1) is 22.0 Å². The molecule has 0 spiro atoms. The van der Waals surface area contributed by atoms with Gasteiger partial charge < -0.3 is 9.15 Å². The van der Waals surface area contributed by atoms with E-state index in [1.165, 1.54) is 0 Å². The molecule has 0 unspecified atom stereocenters. The molecule has 0 amide bonds. The molecule has 0 bridgehead atoms. The number of nitrogens with zero attached hydrogens (tertiary/aromatic N) is 1. The molecule has 0 radical (unpaired) electrons. The van der Waals surface area contributed by atoms with Crippen LogP contribution in [0.2, 0.25) is 0 Å². The highest BCUT2D eigenvalue weighted by Crippen LogP contribution is 2.45. The minimum absolute atomic E-state index is 0.0330. The van der Waals surface area contributed by atoms with Gasteiger partial charge in [0.15, 0.2) is 0 Å². The highest BCUT2D eigenvalue weighted by atomic mass is 16.6. The molecule has 0 N–H and O–H groups in total. The van der Waals surface area contributed by atoms with Crippen LogP contribution in [-0.2, 0) is 4.74 Å². The fourth-order valence-electron chi connectivity index (χ4n) is 3.11.